The van der Waals surface area contributed by atoms with Crippen molar-refractivity contribution in [2.75, 3.05) is 6.54 Å². The minimum absolute atomic E-state index is 0.0532. The highest BCUT2D eigenvalue weighted by Gasteiger charge is 2.16. The third kappa shape index (κ3) is 6.50. The van der Waals surface area contributed by atoms with E-state index in [4.69, 9.17) is 11.2 Å². The Balaban J connectivity index is 3.81. The molecule has 0 bridgehead atoms. The SMILES string of the molecule is C#CC(CC)NCC(=O)OC(C)(C)C. The molecule has 3 nitrogen and oxygen atoms in total. The second kappa shape index (κ2) is 5.66. The van der Waals surface area contributed by atoms with Crippen LogP contribution in [-0.2, 0) is 9.53 Å². The average molecular weight is 197 g/mol. The number of carbonyl (C=O) groups is 1. The lowest BCUT2D eigenvalue weighted by Gasteiger charge is -2.20. The lowest BCUT2D eigenvalue weighted by Crippen LogP contribution is -2.36. The molecule has 0 amide bonds. The molecule has 0 fully saturated rings. The molecule has 14 heavy (non-hydrogen) atoms. The average Bonchev–Trinajstić information content (AvgIpc) is 2.03. The molecule has 0 spiro atoms. The molecule has 0 aliphatic carbocycles. The van der Waals surface area contributed by atoms with Crippen LogP contribution in [0.25, 0.3) is 0 Å². The molecule has 0 radical (unpaired) electrons. The lowest BCUT2D eigenvalue weighted by molar-refractivity contribution is -0.153. The minimum atomic E-state index is -0.434. The van der Waals surface area contributed by atoms with E-state index in [0.717, 1.165) is 6.42 Å². The van der Waals surface area contributed by atoms with E-state index in [0.29, 0.717) is 0 Å². The van der Waals surface area contributed by atoms with E-state index in [1.807, 2.05) is 27.7 Å². The van der Waals surface area contributed by atoms with Gasteiger partial charge in [0.2, 0.25) is 0 Å². The first kappa shape index (κ1) is 13.0. The minimum Gasteiger partial charge on any atom is -0.459 e. The highest BCUT2D eigenvalue weighted by atomic mass is 16.6. The molecule has 80 valence electrons. The molecule has 0 rings (SSSR count). The Morgan fingerprint density at radius 2 is 2.14 bits per heavy atom. The standard InChI is InChI=1S/C11H19NO2/c1-6-9(7-2)12-8-10(13)14-11(3,4)5/h1,9,12H,7-8H2,2-5H3. The smallest absolute Gasteiger partial charge is 0.320 e. The molecular formula is C11H19NO2. The number of hydrogen-bond donors (Lipinski definition) is 1. The summed E-state index contributed by atoms with van der Waals surface area (Å²) in [5.41, 5.74) is -0.434. The maximum Gasteiger partial charge on any atom is 0.320 e. The largest absolute Gasteiger partial charge is 0.459 e. The normalized spacial score (nSPS) is 13.1. The van der Waals surface area contributed by atoms with Crippen molar-refractivity contribution in [2.24, 2.45) is 0 Å². The van der Waals surface area contributed by atoms with Crippen molar-refractivity contribution in [3.05, 3.63) is 0 Å². The van der Waals surface area contributed by atoms with E-state index >= 15 is 0 Å². The fourth-order valence-electron chi connectivity index (χ4n) is 0.905. The van der Waals surface area contributed by atoms with Gasteiger partial charge in [-0.1, -0.05) is 12.8 Å². The van der Waals surface area contributed by atoms with Crippen molar-refractivity contribution in [1.82, 2.24) is 5.32 Å². The number of carbonyl (C=O) groups excluding carboxylic acids is 1. The van der Waals surface area contributed by atoms with E-state index in [9.17, 15) is 4.79 Å². The number of nitrogens with one attached hydrogen (secondary N) is 1. The highest BCUT2D eigenvalue weighted by molar-refractivity contribution is 5.72. The van der Waals surface area contributed by atoms with E-state index in [1.54, 1.807) is 0 Å². The number of hydrogen-bond acceptors (Lipinski definition) is 3. The van der Waals surface area contributed by atoms with Crippen LogP contribution in [0.1, 0.15) is 34.1 Å². The molecule has 0 aromatic carbocycles. The van der Waals surface area contributed by atoms with Crippen LogP contribution in [0.15, 0.2) is 0 Å². The summed E-state index contributed by atoms with van der Waals surface area (Å²) in [5.74, 6) is 2.28. The first-order chi connectivity index (χ1) is 6.39. The molecule has 0 aliphatic rings. The van der Waals surface area contributed by atoms with Crippen LogP contribution in [0.3, 0.4) is 0 Å². The van der Waals surface area contributed by atoms with Crippen LogP contribution in [0.2, 0.25) is 0 Å². The molecule has 0 saturated carbocycles. The van der Waals surface area contributed by atoms with Gasteiger partial charge in [0.25, 0.3) is 0 Å². The molecular weight excluding hydrogens is 178 g/mol. The fraction of sp³-hybridized carbons (Fsp3) is 0.727. The van der Waals surface area contributed by atoms with Crippen LogP contribution in [-0.4, -0.2) is 24.2 Å². The summed E-state index contributed by atoms with van der Waals surface area (Å²) in [7, 11) is 0. The third-order valence-electron chi connectivity index (χ3n) is 1.52. The zero-order chi connectivity index (χ0) is 11.2. The Kier molecular flexibility index (Phi) is 5.26. The van der Waals surface area contributed by atoms with Gasteiger partial charge in [0, 0.05) is 0 Å². The third-order valence-corrected chi connectivity index (χ3v) is 1.52. The molecule has 0 aromatic rings. The van der Waals surface area contributed by atoms with Crippen molar-refractivity contribution in [1.29, 1.82) is 0 Å². The number of rotatable bonds is 4. The van der Waals surface area contributed by atoms with E-state index in [1.165, 1.54) is 0 Å². The number of ether oxygens (including phenoxy) is 1. The Morgan fingerprint density at radius 1 is 1.57 bits per heavy atom. The van der Waals surface area contributed by atoms with Crippen LogP contribution in [0, 0.1) is 12.3 Å². The number of terminal acetylenes is 1. The molecule has 0 aliphatic heterocycles. The molecule has 0 heterocycles. The van der Waals surface area contributed by atoms with Gasteiger partial charge in [-0.05, 0) is 27.2 Å². The topological polar surface area (TPSA) is 38.3 Å². The monoisotopic (exact) mass is 197 g/mol. The summed E-state index contributed by atoms with van der Waals surface area (Å²) in [5, 5.41) is 2.93. The molecule has 3 heteroatoms. The van der Waals surface area contributed by atoms with E-state index < -0.39 is 5.60 Å². The first-order valence-electron chi connectivity index (χ1n) is 4.80. The van der Waals surface area contributed by atoms with Crippen molar-refractivity contribution in [3.63, 3.8) is 0 Å². The van der Waals surface area contributed by atoms with Crippen LogP contribution < -0.4 is 5.32 Å². The summed E-state index contributed by atoms with van der Waals surface area (Å²) in [6.07, 6.45) is 6.04. The quantitative estimate of drug-likeness (QED) is 0.546. The van der Waals surface area contributed by atoms with Gasteiger partial charge in [-0.15, -0.1) is 6.42 Å². The maximum atomic E-state index is 11.2. The molecule has 0 saturated heterocycles. The van der Waals surface area contributed by atoms with Gasteiger partial charge in [0.15, 0.2) is 0 Å². The molecule has 1 atom stereocenters. The highest BCUT2D eigenvalue weighted by Crippen LogP contribution is 2.06. The molecule has 1 unspecified atom stereocenters. The van der Waals surface area contributed by atoms with Crippen LogP contribution in [0.4, 0.5) is 0 Å². The Labute approximate surface area is 86.2 Å². The van der Waals surface area contributed by atoms with Gasteiger partial charge in [0.05, 0.1) is 12.6 Å². The van der Waals surface area contributed by atoms with Crippen molar-refractivity contribution < 1.29 is 9.53 Å². The van der Waals surface area contributed by atoms with E-state index in [-0.39, 0.29) is 18.6 Å². The molecule has 1 N–H and O–H groups in total. The van der Waals surface area contributed by atoms with E-state index in [2.05, 4.69) is 11.2 Å². The Hall–Kier alpha value is -1.01. The summed E-state index contributed by atoms with van der Waals surface area (Å²) >= 11 is 0. The predicted molar refractivity (Wildman–Crippen MR) is 56.8 cm³/mol. The zero-order valence-electron chi connectivity index (χ0n) is 9.39. The Morgan fingerprint density at radius 3 is 2.50 bits per heavy atom. The lowest BCUT2D eigenvalue weighted by atomic mass is 10.2. The fourth-order valence-corrected chi connectivity index (χ4v) is 0.905. The van der Waals surface area contributed by atoms with Crippen molar-refractivity contribution in [3.8, 4) is 12.3 Å². The summed E-state index contributed by atoms with van der Waals surface area (Å²) in [6, 6.07) is -0.0532. The van der Waals surface area contributed by atoms with Gasteiger partial charge in [-0.25, -0.2) is 0 Å². The van der Waals surface area contributed by atoms with Gasteiger partial charge >= 0.3 is 5.97 Å². The van der Waals surface area contributed by atoms with Crippen LogP contribution in [0.5, 0.6) is 0 Å². The summed E-state index contributed by atoms with van der Waals surface area (Å²) in [6.45, 7) is 7.64. The molecule has 0 aromatic heterocycles. The summed E-state index contributed by atoms with van der Waals surface area (Å²) < 4.78 is 5.11. The summed E-state index contributed by atoms with van der Waals surface area (Å²) in [4.78, 5) is 11.2. The maximum absolute atomic E-state index is 11.2. The van der Waals surface area contributed by atoms with Crippen molar-refractivity contribution >= 4 is 5.97 Å². The second-order valence-electron chi connectivity index (χ2n) is 4.09. The van der Waals surface area contributed by atoms with Gasteiger partial charge in [-0.3, -0.25) is 10.1 Å². The Bertz CT molecular complexity index is 222. The van der Waals surface area contributed by atoms with Gasteiger partial charge in [-0.2, -0.15) is 0 Å². The van der Waals surface area contributed by atoms with Crippen molar-refractivity contribution in [2.45, 2.75) is 45.8 Å². The van der Waals surface area contributed by atoms with Gasteiger partial charge < -0.3 is 4.74 Å². The zero-order valence-corrected chi connectivity index (χ0v) is 9.39. The van der Waals surface area contributed by atoms with Gasteiger partial charge in [0.1, 0.15) is 5.60 Å². The number of esters is 1. The first-order valence-corrected chi connectivity index (χ1v) is 4.80. The van der Waals surface area contributed by atoms with Crippen LogP contribution >= 0.6 is 0 Å². The second-order valence-corrected chi connectivity index (χ2v) is 4.09. The predicted octanol–water partition coefficient (Wildman–Crippen LogP) is 1.33.